The van der Waals surface area contributed by atoms with Gasteiger partial charge in [-0.3, -0.25) is 14.8 Å². The van der Waals surface area contributed by atoms with Gasteiger partial charge < -0.3 is 9.84 Å². The minimum Gasteiger partial charge on any atom is -0.508 e. The number of carbonyl (C=O) groups excluding carboxylic acids is 1. The highest BCUT2D eigenvalue weighted by molar-refractivity contribution is 5.75. The molecule has 3 rings (SSSR count). The first-order chi connectivity index (χ1) is 11.2. The van der Waals surface area contributed by atoms with Gasteiger partial charge in [-0.15, -0.1) is 0 Å². The maximum Gasteiger partial charge on any atom is 0.314 e. The zero-order valence-electron chi connectivity index (χ0n) is 12.9. The van der Waals surface area contributed by atoms with E-state index in [1.54, 1.807) is 30.6 Å². The Morgan fingerprint density at radius 1 is 1.22 bits per heavy atom. The van der Waals surface area contributed by atoms with Gasteiger partial charge >= 0.3 is 5.97 Å². The van der Waals surface area contributed by atoms with Gasteiger partial charge in [-0.05, 0) is 50.2 Å². The number of ether oxygens (including phenoxy) is 1. The van der Waals surface area contributed by atoms with Crippen LogP contribution in [0.4, 0.5) is 0 Å². The molecule has 1 saturated carbocycles. The van der Waals surface area contributed by atoms with E-state index in [2.05, 4.69) is 9.97 Å². The predicted octanol–water partition coefficient (Wildman–Crippen LogP) is 3.14. The minimum atomic E-state index is -0.200. The molecule has 0 radical (unpaired) electrons. The third-order valence-corrected chi connectivity index (χ3v) is 4.33. The summed E-state index contributed by atoms with van der Waals surface area (Å²) in [5, 5.41) is 9.41. The van der Waals surface area contributed by atoms with Crippen molar-refractivity contribution in [2.45, 2.75) is 32.1 Å². The highest BCUT2D eigenvalue weighted by Crippen LogP contribution is 2.32. The van der Waals surface area contributed by atoms with Gasteiger partial charge in [0, 0.05) is 24.7 Å². The third-order valence-electron chi connectivity index (χ3n) is 4.33. The molecule has 5 nitrogen and oxygen atoms in total. The average Bonchev–Trinajstić information content (AvgIpc) is 2.56. The number of phenols is 1. The number of hydrogen-bond donors (Lipinski definition) is 1. The van der Waals surface area contributed by atoms with Crippen molar-refractivity contribution in [3.63, 3.8) is 0 Å². The molecule has 0 spiro atoms. The maximum atomic E-state index is 12.2. The third kappa shape index (κ3) is 4.28. The van der Waals surface area contributed by atoms with Crippen LogP contribution in [-0.2, 0) is 11.2 Å². The fourth-order valence-electron chi connectivity index (χ4n) is 3.08. The molecule has 5 heteroatoms. The van der Waals surface area contributed by atoms with Gasteiger partial charge in [-0.1, -0.05) is 6.07 Å². The van der Waals surface area contributed by atoms with E-state index in [1.165, 1.54) is 6.07 Å². The fraction of sp³-hybridized carbons (Fsp3) is 0.389. The van der Waals surface area contributed by atoms with Crippen molar-refractivity contribution in [3.8, 4) is 11.5 Å². The Morgan fingerprint density at radius 3 is 2.74 bits per heavy atom. The summed E-state index contributed by atoms with van der Waals surface area (Å²) >= 11 is 0. The van der Waals surface area contributed by atoms with Crippen LogP contribution in [0.5, 0.6) is 11.5 Å². The summed E-state index contributed by atoms with van der Waals surface area (Å²) in [6.07, 6.45) is 9.79. The summed E-state index contributed by atoms with van der Waals surface area (Å²) < 4.78 is 5.37. The number of nitrogens with zero attached hydrogens (tertiary/aromatic N) is 2. The summed E-state index contributed by atoms with van der Waals surface area (Å²) in [4.78, 5) is 20.6. The van der Waals surface area contributed by atoms with E-state index in [0.29, 0.717) is 11.7 Å². The van der Waals surface area contributed by atoms with E-state index in [1.807, 2.05) is 6.20 Å². The molecule has 1 aliphatic carbocycles. The van der Waals surface area contributed by atoms with Gasteiger partial charge in [-0.2, -0.15) is 0 Å². The number of carbonyl (C=O) groups is 1. The molecule has 23 heavy (non-hydrogen) atoms. The second-order valence-corrected chi connectivity index (χ2v) is 6.04. The number of aromatic hydroxyl groups is 1. The zero-order chi connectivity index (χ0) is 16.1. The largest absolute Gasteiger partial charge is 0.508 e. The van der Waals surface area contributed by atoms with Crippen molar-refractivity contribution in [2.24, 2.45) is 11.8 Å². The topological polar surface area (TPSA) is 72.3 Å². The van der Waals surface area contributed by atoms with Crippen LogP contribution in [0.15, 0.2) is 42.9 Å². The summed E-state index contributed by atoms with van der Waals surface area (Å²) in [5.74, 6) is 0.792. The van der Waals surface area contributed by atoms with Crippen molar-refractivity contribution >= 4 is 5.97 Å². The molecule has 0 saturated heterocycles. The summed E-state index contributed by atoms with van der Waals surface area (Å²) in [5.41, 5.74) is 1.01. The Bertz CT molecular complexity index is 652. The van der Waals surface area contributed by atoms with Gasteiger partial charge in [0.2, 0.25) is 0 Å². The Hall–Kier alpha value is -2.43. The first-order valence-electron chi connectivity index (χ1n) is 7.96. The van der Waals surface area contributed by atoms with Crippen LogP contribution >= 0.6 is 0 Å². The molecule has 120 valence electrons. The highest BCUT2D eigenvalue weighted by atomic mass is 16.5. The molecule has 0 amide bonds. The normalized spacial score (nSPS) is 20.9. The monoisotopic (exact) mass is 312 g/mol. The number of esters is 1. The van der Waals surface area contributed by atoms with E-state index in [9.17, 15) is 9.90 Å². The average molecular weight is 312 g/mol. The Morgan fingerprint density at radius 2 is 2.04 bits per heavy atom. The first-order valence-corrected chi connectivity index (χ1v) is 7.96. The van der Waals surface area contributed by atoms with E-state index in [0.717, 1.165) is 37.8 Å². The smallest absolute Gasteiger partial charge is 0.314 e. The van der Waals surface area contributed by atoms with Crippen molar-refractivity contribution in [3.05, 3.63) is 48.5 Å². The number of hydrogen-bond acceptors (Lipinski definition) is 5. The Labute approximate surface area is 135 Å². The molecule has 0 unspecified atom stereocenters. The van der Waals surface area contributed by atoms with Crippen LogP contribution < -0.4 is 4.74 Å². The highest BCUT2D eigenvalue weighted by Gasteiger charge is 2.28. The molecule has 0 aliphatic heterocycles. The summed E-state index contributed by atoms with van der Waals surface area (Å²) in [7, 11) is 0. The van der Waals surface area contributed by atoms with Crippen molar-refractivity contribution in [2.75, 3.05) is 0 Å². The molecule has 1 aromatic carbocycles. The summed E-state index contributed by atoms with van der Waals surface area (Å²) in [6, 6.07) is 6.35. The Balaban J connectivity index is 1.49. The first kappa shape index (κ1) is 15.5. The van der Waals surface area contributed by atoms with Crippen molar-refractivity contribution < 1.29 is 14.6 Å². The van der Waals surface area contributed by atoms with Gasteiger partial charge in [0.15, 0.2) is 0 Å². The van der Waals surface area contributed by atoms with Gasteiger partial charge in [0.05, 0.1) is 11.6 Å². The van der Waals surface area contributed by atoms with Crippen LogP contribution in [0.2, 0.25) is 0 Å². The van der Waals surface area contributed by atoms with Gasteiger partial charge in [0.25, 0.3) is 0 Å². The molecular weight excluding hydrogens is 292 g/mol. The van der Waals surface area contributed by atoms with Crippen LogP contribution in [0.3, 0.4) is 0 Å². The Kier molecular flexibility index (Phi) is 4.86. The lowest BCUT2D eigenvalue weighted by atomic mass is 9.80. The van der Waals surface area contributed by atoms with Crippen LogP contribution in [-0.4, -0.2) is 21.0 Å². The van der Waals surface area contributed by atoms with Gasteiger partial charge in [0.1, 0.15) is 11.5 Å². The lowest BCUT2D eigenvalue weighted by molar-refractivity contribution is -0.140. The molecule has 0 atom stereocenters. The molecule has 1 aromatic heterocycles. The minimum absolute atomic E-state index is 0.0598. The maximum absolute atomic E-state index is 12.2. The van der Waals surface area contributed by atoms with Crippen LogP contribution in [0.1, 0.15) is 31.4 Å². The van der Waals surface area contributed by atoms with Crippen LogP contribution in [0, 0.1) is 11.8 Å². The van der Waals surface area contributed by atoms with Gasteiger partial charge in [-0.25, -0.2) is 0 Å². The lowest BCUT2D eigenvalue weighted by Crippen LogP contribution is -2.26. The number of aromatic nitrogens is 2. The molecule has 1 heterocycles. The van der Waals surface area contributed by atoms with E-state index < -0.39 is 0 Å². The molecular formula is C18H20N2O3. The van der Waals surface area contributed by atoms with Crippen molar-refractivity contribution in [1.82, 2.24) is 9.97 Å². The van der Waals surface area contributed by atoms with E-state index in [-0.39, 0.29) is 17.6 Å². The number of phenolic OH excluding ortho intramolecular Hbond substituents is 1. The second-order valence-electron chi connectivity index (χ2n) is 6.04. The lowest BCUT2D eigenvalue weighted by Gasteiger charge is -2.26. The number of benzene rings is 1. The summed E-state index contributed by atoms with van der Waals surface area (Å²) in [6.45, 7) is 0. The van der Waals surface area contributed by atoms with E-state index in [4.69, 9.17) is 4.74 Å². The predicted molar refractivity (Wildman–Crippen MR) is 84.9 cm³/mol. The standard InChI is InChI=1S/C18H20N2O3/c21-16-2-1-3-17(11-16)23-18(22)14-6-4-13(5-7-14)10-15-12-19-8-9-20-15/h1-3,8-9,11-14,21H,4-7,10H2. The van der Waals surface area contributed by atoms with Crippen LogP contribution in [0.25, 0.3) is 0 Å². The fourth-order valence-corrected chi connectivity index (χ4v) is 3.08. The number of rotatable bonds is 4. The molecule has 1 aliphatic rings. The molecule has 1 fully saturated rings. The SMILES string of the molecule is O=C(Oc1cccc(O)c1)C1CCC(Cc2cnccn2)CC1. The quantitative estimate of drug-likeness (QED) is 0.693. The zero-order valence-corrected chi connectivity index (χ0v) is 12.9. The second kappa shape index (κ2) is 7.22. The molecule has 1 N–H and O–H groups in total. The van der Waals surface area contributed by atoms with E-state index >= 15 is 0 Å². The van der Waals surface area contributed by atoms with Crippen molar-refractivity contribution in [1.29, 1.82) is 0 Å². The molecule has 2 aromatic rings. The molecule has 0 bridgehead atoms.